The van der Waals surface area contributed by atoms with Crippen LogP contribution < -0.4 is 10.1 Å². The minimum absolute atomic E-state index is 0.0226. The molecule has 100 valence electrons. The van der Waals surface area contributed by atoms with Crippen molar-refractivity contribution in [1.29, 1.82) is 0 Å². The predicted octanol–water partition coefficient (Wildman–Crippen LogP) is 2.86. The van der Waals surface area contributed by atoms with Crippen LogP contribution in [0.3, 0.4) is 0 Å². The third kappa shape index (κ3) is 4.19. The van der Waals surface area contributed by atoms with Crippen molar-refractivity contribution in [1.82, 2.24) is 15.3 Å². The molecule has 1 N–H and O–H groups in total. The molecule has 1 unspecified atom stereocenters. The normalized spacial score (nSPS) is 12.1. The van der Waals surface area contributed by atoms with Crippen molar-refractivity contribution in [3.05, 3.63) is 53.6 Å². The van der Waals surface area contributed by atoms with Gasteiger partial charge in [0, 0.05) is 17.4 Å². The number of nitrogens with zero attached hydrogens (tertiary/aromatic N) is 2. The van der Waals surface area contributed by atoms with E-state index in [1.54, 1.807) is 18.6 Å². The second-order valence-corrected chi connectivity index (χ2v) is 4.44. The summed E-state index contributed by atoms with van der Waals surface area (Å²) in [5.74, 6) is 0.788. The predicted molar refractivity (Wildman–Crippen MR) is 75.4 cm³/mol. The SMILES string of the molecule is CCNC(COc1ccc(Cl)cc1)c1cnccn1. The summed E-state index contributed by atoms with van der Waals surface area (Å²) in [6.07, 6.45) is 5.09. The fraction of sp³-hybridized carbons (Fsp3) is 0.286. The topological polar surface area (TPSA) is 47.0 Å². The molecule has 0 aliphatic rings. The van der Waals surface area contributed by atoms with Gasteiger partial charge < -0.3 is 10.1 Å². The van der Waals surface area contributed by atoms with Crippen LogP contribution >= 0.6 is 11.6 Å². The summed E-state index contributed by atoms with van der Waals surface area (Å²) in [6.45, 7) is 3.38. The number of hydrogen-bond donors (Lipinski definition) is 1. The average Bonchev–Trinajstić information content (AvgIpc) is 2.46. The van der Waals surface area contributed by atoms with Crippen molar-refractivity contribution in [2.75, 3.05) is 13.2 Å². The van der Waals surface area contributed by atoms with Gasteiger partial charge in [-0.05, 0) is 30.8 Å². The number of aromatic nitrogens is 2. The highest BCUT2D eigenvalue weighted by atomic mass is 35.5. The molecule has 0 aliphatic carbocycles. The zero-order valence-corrected chi connectivity index (χ0v) is 11.5. The molecule has 19 heavy (non-hydrogen) atoms. The van der Waals surface area contributed by atoms with Gasteiger partial charge >= 0.3 is 0 Å². The molecule has 5 heteroatoms. The maximum atomic E-state index is 5.83. The fourth-order valence-corrected chi connectivity index (χ4v) is 1.82. The Kier molecular flexibility index (Phi) is 5.12. The molecule has 2 rings (SSSR count). The van der Waals surface area contributed by atoms with Gasteiger partial charge in [-0.1, -0.05) is 18.5 Å². The van der Waals surface area contributed by atoms with Crippen LogP contribution in [0.2, 0.25) is 5.02 Å². The minimum atomic E-state index is 0.0226. The second-order valence-electron chi connectivity index (χ2n) is 4.01. The molecule has 2 aromatic rings. The summed E-state index contributed by atoms with van der Waals surface area (Å²) in [6, 6.07) is 7.34. The molecule has 0 saturated heterocycles. The maximum Gasteiger partial charge on any atom is 0.119 e. The van der Waals surface area contributed by atoms with Gasteiger partial charge in [-0.2, -0.15) is 0 Å². The summed E-state index contributed by atoms with van der Waals surface area (Å²) in [5.41, 5.74) is 0.873. The van der Waals surface area contributed by atoms with Gasteiger partial charge in [0.15, 0.2) is 0 Å². The Hall–Kier alpha value is -1.65. The Labute approximate surface area is 117 Å². The lowest BCUT2D eigenvalue weighted by atomic mass is 10.2. The Morgan fingerprint density at radius 3 is 2.68 bits per heavy atom. The van der Waals surface area contributed by atoms with Crippen LogP contribution in [0.25, 0.3) is 0 Å². The van der Waals surface area contributed by atoms with Crippen LogP contribution in [0, 0.1) is 0 Å². The van der Waals surface area contributed by atoms with Crippen LogP contribution in [-0.2, 0) is 0 Å². The lowest BCUT2D eigenvalue weighted by Crippen LogP contribution is -2.27. The summed E-state index contributed by atoms with van der Waals surface area (Å²) >= 11 is 5.83. The highest BCUT2D eigenvalue weighted by Crippen LogP contribution is 2.17. The third-order valence-electron chi connectivity index (χ3n) is 2.62. The monoisotopic (exact) mass is 277 g/mol. The Balaban J connectivity index is 1.99. The first-order valence-corrected chi connectivity index (χ1v) is 6.55. The maximum absolute atomic E-state index is 5.83. The molecule has 1 aromatic carbocycles. The largest absolute Gasteiger partial charge is 0.492 e. The van der Waals surface area contributed by atoms with E-state index in [-0.39, 0.29) is 6.04 Å². The van der Waals surface area contributed by atoms with E-state index >= 15 is 0 Å². The average molecular weight is 278 g/mol. The first-order chi connectivity index (χ1) is 9.29. The molecule has 1 heterocycles. The molecule has 0 bridgehead atoms. The highest BCUT2D eigenvalue weighted by Gasteiger charge is 2.12. The van der Waals surface area contributed by atoms with Crippen molar-refractivity contribution in [2.45, 2.75) is 13.0 Å². The van der Waals surface area contributed by atoms with E-state index < -0.39 is 0 Å². The van der Waals surface area contributed by atoms with E-state index in [1.807, 2.05) is 31.2 Å². The number of likely N-dealkylation sites (N-methyl/N-ethyl adjacent to an activating group) is 1. The fourth-order valence-electron chi connectivity index (χ4n) is 1.70. The zero-order chi connectivity index (χ0) is 13.5. The van der Waals surface area contributed by atoms with Crippen molar-refractivity contribution in [3.8, 4) is 5.75 Å². The van der Waals surface area contributed by atoms with Gasteiger partial charge in [-0.15, -0.1) is 0 Å². The molecular formula is C14H16ClN3O. The molecule has 1 atom stereocenters. The lowest BCUT2D eigenvalue weighted by molar-refractivity contribution is 0.265. The van der Waals surface area contributed by atoms with Gasteiger partial charge in [0.1, 0.15) is 12.4 Å². The Bertz CT molecular complexity index is 490. The van der Waals surface area contributed by atoms with Crippen molar-refractivity contribution in [2.24, 2.45) is 0 Å². The van der Waals surface area contributed by atoms with Gasteiger partial charge in [0.2, 0.25) is 0 Å². The molecule has 0 spiro atoms. The van der Waals surface area contributed by atoms with Crippen LogP contribution in [0.15, 0.2) is 42.9 Å². The van der Waals surface area contributed by atoms with E-state index in [9.17, 15) is 0 Å². The Morgan fingerprint density at radius 1 is 1.26 bits per heavy atom. The van der Waals surface area contributed by atoms with E-state index in [2.05, 4.69) is 15.3 Å². The number of rotatable bonds is 6. The van der Waals surface area contributed by atoms with E-state index in [0.717, 1.165) is 18.0 Å². The molecule has 0 aliphatic heterocycles. The van der Waals surface area contributed by atoms with Gasteiger partial charge in [0.05, 0.1) is 17.9 Å². The zero-order valence-electron chi connectivity index (χ0n) is 10.7. The standard InChI is InChI=1S/C14H16ClN3O/c1-2-17-14(13-9-16-7-8-18-13)10-19-12-5-3-11(15)4-6-12/h3-9,14,17H,2,10H2,1H3. The molecule has 0 fully saturated rings. The van der Waals surface area contributed by atoms with E-state index in [4.69, 9.17) is 16.3 Å². The first-order valence-electron chi connectivity index (χ1n) is 6.17. The first kappa shape index (κ1) is 13.8. The van der Waals surface area contributed by atoms with Gasteiger partial charge in [0.25, 0.3) is 0 Å². The van der Waals surface area contributed by atoms with Crippen LogP contribution in [-0.4, -0.2) is 23.1 Å². The molecular weight excluding hydrogens is 262 g/mol. The van der Waals surface area contributed by atoms with Gasteiger partial charge in [-0.25, -0.2) is 0 Å². The summed E-state index contributed by atoms with van der Waals surface area (Å²) in [4.78, 5) is 8.38. The van der Waals surface area contributed by atoms with Crippen LogP contribution in [0.4, 0.5) is 0 Å². The van der Waals surface area contributed by atoms with E-state index in [1.165, 1.54) is 0 Å². The van der Waals surface area contributed by atoms with Crippen molar-refractivity contribution >= 4 is 11.6 Å². The number of ether oxygens (including phenoxy) is 1. The Morgan fingerprint density at radius 2 is 2.05 bits per heavy atom. The summed E-state index contributed by atoms with van der Waals surface area (Å²) in [7, 11) is 0. The summed E-state index contributed by atoms with van der Waals surface area (Å²) < 4.78 is 5.74. The second kappa shape index (κ2) is 7.07. The molecule has 0 amide bonds. The number of halogens is 1. The number of hydrogen-bond acceptors (Lipinski definition) is 4. The minimum Gasteiger partial charge on any atom is -0.492 e. The lowest BCUT2D eigenvalue weighted by Gasteiger charge is -2.17. The number of benzene rings is 1. The quantitative estimate of drug-likeness (QED) is 0.882. The molecule has 1 aromatic heterocycles. The van der Waals surface area contributed by atoms with Crippen molar-refractivity contribution in [3.63, 3.8) is 0 Å². The van der Waals surface area contributed by atoms with Gasteiger partial charge in [-0.3, -0.25) is 9.97 Å². The molecule has 0 saturated carbocycles. The van der Waals surface area contributed by atoms with E-state index in [0.29, 0.717) is 11.6 Å². The number of nitrogens with one attached hydrogen (secondary N) is 1. The summed E-state index contributed by atoms with van der Waals surface area (Å²) in [5, 5.41) is 4.03. The third-order valence-corrected chi connectivity index (χ3v) is 2.87. The molecule has 4 nitrogen and oxygen atoms in total. The molecule has 0 radical (unpaired) electrons. The van der Waals surface area contributed by atoms with Crippen LogP contribution in [0.5, 0.6) is 5.75 Å². The van der Waals surface area contributed by atoms with Crippen LogP contribution in [0.1, 0.15) is 18.7 Å². The van der Waals surface area contributed by atoms with Crippen molar-refractivity contribution < 1.29 is 4.74 Å². The smallest absolute Gasteiger partial charge is 0.119 e. The highest BCUT2D eigenvalue weighted by molar-refractivity contribution is 6.30.